The van der Waals surface area contributed by atoms with E-state index in [1.54, 1.807) is 12.1 Å². The second kappa shape index (κ2) is 4.86. The van der Waals surface area contributed by atoms with Crippen LogP contribution in [0, 0.1) is 11.3 Å². The highest BCUT2D eigenvalue weighted by atomic mass is 16.5. The first kappa shape index (κ1) is 10.8. The molecule has 0 radical (unpaired) electrons. The van der Waals surface area contributed by atoms with Gasteiger partial charge in [-0.25, -0.2) is 0 Å². The van der Waals surface area contributed by atoms with Crippen molar-refractivity contribution in [3.63, 3.8) is 0 Å². The number of nitrogens with zero attached hydrogens (tertiary/aromatic N) is 1. The Labute approximate surface area is 95.0 Å². The Morgan fingerprint density at radius 1 is 1.56 bits per heavy atom. The van der Waals surface area contributed by atoms with Gasteiger partial charge < -0.3 is 15.8 Å². The standard InChI is InChI=1S/C12H15N3O/c13-7-9-3-4-12(11(14)6-9)15-8-10-2-1-5-16-10/h3-4,6,10,15H,1-2,5,8,14H2/t10-/m1/s1. The van der Waals surface area contributed by atoms with Crippen molar-refractivity contribution in [1.29, 1.82) is 5.26 Å². The topological polar surface area (TPSA) is 71.1 Å². The number of anilines is 2. The fourth-order valence-electron chi connectivity index (χ4n) is 1.82. The number of benzene rings is 1. The quantitative estimate of drug-likeness (QED) is 0.756. The van der Waals surface area contributed by atoms with Crippen LogP contribution in [-0.2, 0) is 4.74 Å². The molecule has 1 saturated heterocycles. The monoisotopic (exact) mass is 217 g/mol. The van der Waals surface area contributed by atoms with Crippen LogP contribution < -0.4 is 11.1 Å². The van der Waals surface area contributed by atoms with Gasteiger partial charge in [-0.05, 0) is 31.0 Å². The third-order valence-electron chi connectivity index (χ3n) is 2.72. The normalized spacial score (nSPS) is 19.3. The van der Waals surface area contributed by atoms with Crippen molar-refractivity contribution in [1.82, 2.24) is 0 Å². The summed E-state index contributed by atoms with van der Waals surface area (Å²) in [5.74, 6) is 0. The van der Waals surface area contributed by atoms with Crippen LogP contribution in [0.2, 0.25) is 0 Å². The first-order valence-electron chi connectivity index (χ1n) is 5.44. The van der Waals surface area contributed by atoms with E-state index >= 15 is 0 Å². The number of nitriles is 1. The highest BCUT2D eigenvalue weighted by molar-refractivity contribution is 5.68. The van der Waals surface area contributed by atoms with Crippen molar-refractivity contribution < 1.29 is 4.74 Å². The molecular weight excluding hydrogens is 202 g/mol. The number of rotatable bonds is 3. The van der Waals surface area contributed by atoms with E-state index in [4.69, 9.17) is 15.7 Å². The molecule has 3 N–H and O–H groups in total. The molecule has 0 saturated carbocycles. The van der Waals surface area contributed by atoms with Crippen LogP contribution in [-0.4, -0.2) is 19.3 Å². The van der Waals surface area contributed by atoms with Crippen LogP contribution in [0.5, 0.6) is 0 Å². The number of nitrogen functional groups attached to an aromatic ring is 1. The zero-order valence-corrected chi connectivity index (χ0v) is 9.07. The van der Waals surface area contributed by atoms with Crippen molar-refractivity contribution in [2.75, 3.05) is 24.2 Å². The molecule has 1 aromatic carbocycles. The molecule has 0 spiro atoms. The second-order valence-electron chi connectivity index (χ2n) is 3.93. The molecule has 1 aromatic rings. The summed E-state index contributed by atoms with van der Waals surface area (Å²) in [4.78, 5) is 0. The van der Waals surface area contributed by atoms with E-state index in [-0.39, 0.29) is 6.10 Å². The zero-order chi connectivity index (χ0) is 11.4. The molecule has 0 bridgehead atoms. The van der Waals surface area contributed by atoms with Crippen LogP contribution in [0.4, 0.5) is 11.4 Å². The Balaban J connectivity index is 1.96. The summed E-state index contributed by atoms with van der Waals surface area (Å²) in [6, 6.07) is 7.33. The Morgan fingerprint density at radius 3 is 3.06 bits per heavy atom. The van der Waals surface area contributed by atoms with E-state index in [1.165, 1.54) is 0 Å². The van der Waals surface area contributed by atoms with Crippen LogP contribution in [0.15, 0.2) is 18.2 Å². The fraction of sp³-hybridized carbons (Fsp3) is 0.417. The van der Waals surface area contributed by atoms with Gasteiger partial charge in [0.1, 0.15) is 0 Å². The maximum atomic E-state index is 8.71. The molecule has 1 aliphatic heterocycles. The van der Waals surface area contributed by atoms with E-state index in [1.807, 2.05) is 6.07 Å². The van der Waals surface area contributed by atoms with Crippen molar-refractivity contribution >= 4 is 11.4 Å². The van der Waals surface area contributed by atoms with Gasteiger partial charge in [-0.15, -0.1) is 0 Å². The molecule has 0 unspecified atom stereocenters. The number of nitrogens with one attached hydrogen (secondary N) is 1. The summed E-state index contributed by atoms with van der Waals surface area (Å²) in [6.07, 6.45) is 2.52. The first-order valence-corrected chi connectivity index (χ1v) is 5.44. The van der Waals surface area contributed by atoms with Crippen molar-refractivity contribution in [3.05, 3.63) is 23.8 Å². The lowest BCUT2D eigenvalue weighted by Crippen LogP contribution is -2.18. The summed E-state index contributed by atoms with van der Waals surface area (Å²) in [7, 11) is 0. The third-order valence-corrected chi connectivity index (χ3v) is 2.72. The molecule has 2 rings (SSSR count). The van der Waals surface area contributed by atoms with Gasteiger partial charge in [-0.3, -0.25) is 0 Å². The average Bonchev–Trinajstić information content (AvgIpc) is 2.80. The summed E-state index contributed by atoms with van der Waals surface area (Å²) < 4.78 is 5.50. The summed E-state index contributed by atoms with van der Waals surface area (Å²) in [5, 5.41) is 12.0. The van der Waals surface area contributed by atoms with Crippen LogP contribution in [0.1, 0.15) is 18.4 Å². The summed E-state index contributed by atoms with van der Waals surface area (Å²) in [6.45, 7) is 1.63. The molecule has 1 atom stereocenters. The first-order chi connectivity index (χ1) is 7.79. The molecule has 4 heteroatoms. The molecule has 0 aliphatic carbocycles. The van der Waals surface area contributed by atoms with Gasteiger partial charge in [-0.1, -0.05) is 0 Å². The van der Waals surface area contributed by atoms with Crippen LogP contribution in [0.25, 0.3) is 0 Å². The Kier molecular flexibility index (Phi) is 3.28. The van der Waals surface area contributed by atoms with E-state index in [2.05, 4.69) is 11.4 Å². The van der Waals surface area contributed by atoms with E-state index in [9.17, 15) is 0 Å². The lowest BCUT2D eigenvalue weighted by molar-refractivity contribution is 0.120. The zero-order valence-electron chi connectivity index (χ0n) is 9.07. The highest BCUT2D eigenvalue weighted by Crippen LogP contribution is 2.20. The number of ether oxygens (including phenoxy) is 1. The van der Waals surface area contributed by atoms with Gasteiger partial charge >= 0.3 is 0 Å². The SMILES string of the molecule is N#Cc1ccc(NC[C@H]2CCCO2)c(N)c1. The Bertz CT molecular complexity index is 405. The van der Waals surface area contributed by atoms with E-state index in [0.717, 1.165) is 31.7 Å². The van der Waals surface area contributed by atoms with E-state index in [0.29, 0.717) is 11.3 Å². The lowest BCUT2D eigenvalue weighted by Gasteiger charge is -2.13. The van der Waals surface area contributed by atoms with Crippen LogP contribution >= 0.6 is 0 Å². The Hall–Kier alpha value is -1.73. The minimum absolute atomic E-state index is 0.287. The maximum absolute atomic E-state index is 8.71. The van der Waals surface area contributed by atoms with Crippen molar-refractivity contribution in [3.8, 4) is 6.07 Å². The van der Waals surface area contributed by atoms with Gasteiger partial charge in [0.2, 0.25) is 0 Å². The third kappa shape index (κ3) is 2.44. The van der Waals surface area contributed by atoms with Crippen molar-refractivity contribution in [2.24, 2.45) is 0 Å². The van der Waals surface area contributed by atoms with Gasteiger partial charge in [0.25, 0.3) is 0 Å². The molecule has 1 aliphatic rings. The number of nitrogens with two attached hydrogens (primary N) is 1. The van der Waals surface area contributed by atoms with E-state index < -0.39 is 0 Å². The molecule has 4 nitrogen and oxygen atoms in total. The molecule has 16 heavy (non-hydrogen) atoms. The summed E-state index contributed by atoms with van der Waals surface area (Å²) >= 11 is 0. The van der Waals surface area contributed by atoms with Gasteiger partial charge in [-0.2, -0.15) is 5.26 Å². The molecule has 1 fully saturated rings. The van der Waals surface area contributed by atoms with Crippen molar-refractivity contribution in [2.45, 2.75) is 18.9 Å². The van der Waals surface area contributed by atoms with Gasteiger partial charge in [0.05, 0.1) is 29.1 Å². The lowest BCUT2D eigenvalue weighted by atomic mass is 10.2. The second-order valence-corrected chi connectivity index (χ2v) is 3.93. The molecule has 0 aromatic heterocycles. The van der Waals surface area contributed by atoms with Gasteiger partial charge in [0.15, 0.2) is 0 Å². The Morgan fingerprint density at radius 2 is 2.44 bits per heavy atom. The fourth-order valence-corrected chi connectivity index (χ4v) is 1.82. The smallest absolute Gasteiger partial charge is 0.0992 e. The molecule has 84 valence electrons. The van der Waals surface area contributed by atoms with Gasteiger partial charge in [0, 0.05) is 13.2 Å². The number of hydrogen-bond donors (Lipinski definition) is 2. The minimum Gasteiger partial charge on any atom is -0.397 e. The predicted octanol–water partition coefficient (Wildman–Crippen LogP) is 1.73. The molecule has 0 amide bonds. The maximum Gasteiger partial charge on any atom is 0.0992 e. The largest absolute Gasteiger partial charge is 0.397 e. The highest BCUT2D eigenvalue weighted by Gasteiger charge is 2.15. The molecular formula is C12H15N3O. The minimum atomic E-state index is 0.287. The summed E-state index contributed by atoms with van der Waals surface area (Å²) in [5.41, 5.74) is 7.89. The van der Waals surface area contributed by atoms with Crippen LogP contribution in [0.3, 0.4) is 0 Å². The average molecular weight is 217 g/mol. The predicted molar refractivity (Wildman–Crippen MR) is 63.0 cm³/mol. The number of hydrogen-bond acceptors (Lipinski definition) is 4. The molecule has 1 heterocycles.